The van der Waals surface area contributed by atoms with Gasteiger partial charge < -0.3 is 10.1 Å². The lowest BCUT2D eigenvalue weighted by atomic mass is 9.81. The Bertz CT molecular complexity index is 468. The number of anilines is 1. The molecule has 0 radical (unpaired) electrons. The van der Waals surface area contributed by atoms with E-state index < -0.39 is 0 Å². The van der Waals surface area contributed by atoms with Gasteiger partial charge in [0.2, 0.25) is 0 Å². The zero-order valence-electron chi connectivity index (χ0n) is 11.2. The Labute approximate surface area is 122 Å². The molecule has 1 aliphatic rings. The van der Waals surface area contributed by atoms with Gasteiger partial charge in [-0.2, -0.15) is 0 Å². The summed E-state index contributed by atoms with van der Waals surface area (Å²) >= 11 is 9.84. The number of hydrogen-bond acceptors (Lipinski definition) is 2. The Morgan fingerprint density at radius 1 is 1.44 bits per heavy atom. The second kappa shape index (κ2) is 4.93. The van der Waals surface area contributed by atoms with E-state index in [-0.39, 0.29) is 5.41 Å². The standard InChI is InChI=1S/C14H19BrClNO/c1-14(2,3)11-6-5-8-12(16)9(15)7-10(18-4)13(8)17-11/h7,11,17H,5-6H2,1-4H3. The Morgan fingerprint density at radius 2 is 2.11 bits per heavy atom. The minimum absolute atomic E-state index is 0.224. The van der Waals surface area contributed by atoms with Crippen molar-refractivity contribution in [2.45, 2.75) is 39.7 Å². The van der Waals surface area contributed by atoms with E-state index in [2.05, 4.69) is 42.0 Å². The first-order valence-electron chi connectivity index (χ1n) is 6.16. The highest BCUT2D eigenvalue weighted by Gasteiger charge is 2.31. The van der Waals surface area contributed by atoms with Crippen LogP contribution in [0.2, 0.25) is 5.02 Å². The molecule has 1 N–H and O–H groups in total. The molecule has 1 heterocycles. The highest BCUT2D eigenvalue weighted by Crippen LogP contribution is 2.44. The summed E-state index contributed by atoms with van der Waals surface area (Å²) in [5.74, 6) is 0.857. The molecule has 1 unspecified atom stereocenters. The summed E-state index contributed by atoms with van der Waals surface area (Å²) in [6.45, 7) is 6.76. The van der Waals surface area contributed by atoms with Crippen molar-refractivity contribution in [2.24, 2.45) is 5.41 Å². The lowest BCUT2D eigenvalue weighted by Crippen LogP contribution is -2.37. The Balaban J connectivity index is 2.46. The average Bonchev–Trinajstić information content (AvgIpc) is 2.32. The maximum absolute atomic E-state index is 6.36. The molecular weight excluding hydrogens is 314 g/mol. The summed E-state index contributed by atoms with van der Waals surface area (Å²) in [5, 5.41) is 4.39. The number of hydrogen-bond donors (Lipinski definition) is 1. The van der Waals surface area contributed by atoms with E-state index in [1.165, 1.54) is 0 Å². The second-order valence-corrected chi connectivity index (χ2v) is 7.06. The van der Waals surface area contributed by atoms with Gasteiger partial charge in [0, 0.05) is 10.5 Å². The first-order valence-corrected chi connectivity index (χ1v) is 7.33. The Morgan fingerprint density at radius 3 is 2.67 bits per heavy atom. The van der Waals surface area contributed by atoms with E-state index in [1.807, 2.05) is 6.07 Å². The van der Waals surface area contributed by atoms with Gasteiger partial charge in [0.15, 0.2) is 0 Å². The van der Waals surface area contributed by atoms with Crippen LogP contribution in [0.3, 0.4) is 0 Å². The molecule has 2 rings (SSSR count). The van der Waals surface area contributed by atoms with Crippen LogP contribution in [0.4, 0.5) is 5.69 Å². The van der Waals surface area contributed by atoms with E-state index in [1.54, 1.807) is 7.11 Å². The summed E-state index contributed by atoms with van der Waals surface area (Å²) in [5.41, 5.74) is 2.43. The van der Waals surface area contributed by atoms with E-state index in [9.17, 15) is 0 Å². The van der Waals surface area contributed by atoms with E-state index >= 15 is 0 Å². The van der Waals surface area contributed by atoms with Crippen LogP contribution in [-0.4, -0.2) is 13.2 Å². The molecule has 2 nitrogen and oxygen atoms in total. The van der Waals surface area contributed by atoms with Crippen molar-refractivity contribution in [3.63, 3.8) is 0 Å². The third-order valence-corrected chi connectivity index (χ3v) is 4.83. The van der Waals surface area contributed by atoms with Crippen molar-refractivity contribution >= 4 is 33.2 Å². The van der Waals surface area contributed by atoms with Crippen LogP contribution >= 0.6 is 27.5 Å². The van der Waals surface area contributed by atoms with Gasteiger partial charge in [-0.1, -0.05) is 32.4 Å². The maximum atomic E-state index is 6.36. The topological polar surface area (TPSA) is 21.3 Å². The molecule has 1 atom stereocenters. The number of halogens is 2. The lowest BCUT2D eigenvalue weighted by molar-refractivity contribution is 0.318. The van der Waals surface area contributed by atoms with Crippen LogP contribution in [-0.2, 0) is 6.42 Å². The first-order chi connectivity index (χ1) is 8.34. The van der Waals surface area contributed by atoms with E-state index in [0.717, 1.165) is 39.3 Å². The number of ether oxygens (including phenoxy) is 1. The van der Waals surface area contributed by atoms with Crippen LogP contribution in [0.1, 0.15) is 32.8 Å². The summed E-state index contributed by atoms with van der Waals surface area (Å²) in [6, 6.07) is 2.37. The van der Waals surface area contributed by atoms with Crippen molar-refractivity contribution in [3.05, 3.63) is 21.1 Å². The predicted molar refractivity (Wildman–Crippen MR) is 80.9 cm³/mol. The minimum Gasteiger partial charge on any atom is -0.495 e. The van der Waals surface area contributed by atoms with Crippen molar-refractivity contribution in [3.8, 4) is 5.75 Å². The van der Waals surface area contributed by atoms with Crippen molar-refractivity contribution in [2.75, 3.05) is 12.4 Å². The number of benzene rings is 1. The van der Waals surface area contributed by atoms with Crippen LogP contribution in [0.25, 0.3) is 0 Å². The molecule has 0 amide bonds. The SMILES string of the molecule is COc1cc(Br)c(Cl)c2c1NC(C(C)(C)C)CC2. The van der Waals surface area contributed by atoms with Crippen LogP contribution in [0.15, 0.2) is 10.5 Å². The van der Waals surface area contributed by atoms with Crippen molar-refractivity contribution in [1.82, 2.24) is 0 Å². The monoisotopic (exact) mass is 331 g/mol. The van der Waals surface area contributed by atoms with Gasteiger partial charge in [0.1, 0.15) is 5.75 Å². The number of nitrogens with one attached hydrogen (secondary N) is 1. The molecular formula is C14H19BrClNO. The zero-order valence-corrected chi connectivity index (χ0v) is 13.6. The lowest BCUT2D eigenvalue weighted by Gasteiger charge is -2.37. The summed E-state index contributed by atoms with van der Waals surface area (Å²) in [6.07, 6.45) is 2.08. The van der Waals surface area contributed by atoms with Gasteiger partial charge in [-0.3, -0.25) is 0 Å². The van der Waals surface area contributed by atoms with Crippen molar-refractivity contribution in [1.29, 1.82) is 0 Å². The summed E-state index contributed by atoms with van der Waals surface area (Å²) < 4.78 is 6.36. The normalized spacial score (nSPS) is 19.1. The average molecular weight is 333 g/mol. The smallest absolute Gasteiger partial charge is 0.143 e. The van der Waals surface area contributed by atoms with Crippen molar-refractivity contribution < 1.29 is 4.74 Å². The predicted octanol–water partition coefficient (Wildman–Crippen LogP) is 4.88. The number of fused-ring (bicyclic) bond motifs is 1. The molecule has 0 fully saturated rings. The molecule has 0 saturated carbocycles. The summed E-state index contributed by atoms with van der Waals surface area (Å²) in [4.78, 5) is 0. The second-order valence-electron chi connectivity index (χ2n) is 5.83. The molecule has 100 valence electrons. The molecule has 0 aliphatic carbocycles. The number of methoxy groups -OCH3 is 1. The maximum Gasteiger partial charge on any atom is 0.143 e. The van der Waals surface area contributed by atoms with Gasteiger partial charge in [-0.25, -0.2) is 0 Å². The Hall–Kier alpha value is -0.410. The third-order valence-electron chi connectivity index (χ3n) is 3.55. The van der Waals surface area contributed by atoms with Crippen LogP contribution in [0.5, 0.6) is 5.75 Å². The minimum atomic E-state index is 0.224. The fourth-order valence-electron chi connectivity index (χ4n) is 2.39. The number of rotatable bonds is 1. The van der Waals surface area contributed by atoms with Gasteiger partial charge in [-0.05, 0) is 45.8 Å². The molecule has 0 bridgehead atoms. The van der Waals surface area contributed by atoms with E-state index in [0.29, 0.717) is 6.04 Å². The van der Waals surface area contributed by atoms with Gasteiger partial charge in [0.05, 0.1) is 17.8 Å². The largest absolute Gasteiger partial charge is 0.495 e. The molecule has 1 aliphatic heterocycles. The molecule has 1 aromatic rings. The Kier molecular flexibility index (Phi) is 3.84. The van der Waals surface area contributed by atoms with Gasteiger partial charge in [0.25, 0.3) is 0 Å². The molecule has 1 aromatic carbocycles. The molecule has 0 saturated heterocycles. The quantitative estimate of drug-likeness (QED) is 0.791. The molecule has 18 heavy (non-hydrogen) atoms. The fourth-order valence-corrected chi connectivity index (χ4v) is 3.08. The van der Waals surface area contributed by atoms with Gasteiger partial charge >= 0.3 is 0 Å². The highest BCUT2D eigenvalue weighted by molar-refractivity contribution is 9.10. The van der Waals surface area contributed by atoms with E-state index in [4.69, 9.17) is 16.3 Å². The summed E-state index contributed by atoms with van der Waals surface area (Å²) in [7, 11) is 1.69. The highest BCUT2D eigenvalue weighted by atomic mass is 79.9. The molecule has 4 heteroatoms. The zero-order chi connectivity index (χ0) is 13.5. The van der Waals surface area contributed by atoms with Crippen LogP contribution < -0.4 is 10.1 Å². The van der Waals surface area contributed by atoms with Crippen LogP contribution in [0, 0.1) is 5.41 Å². The molecule has 0 aromatic heterocycles. The fraction of sp³-hybridized carbons (Fsp3) is 0.571. The first kappa shape index (κ1) is 14.0. The molecule has 0 spiro atoms. The third kappa shape index (κ3) is 2.48. The van der Waals surface area contributed by atoms with Gasteiger partial charge in [-0.15, -0.1) is 0 Å².